The molecule has 2 heteroatoms. The van der Waals surface area contributed by atoms with E-state index in [1.807, 2.05) is 0 Å². The Morgan fingerprint density at radius 1 is 0.625 bits per heavy atom. The highest BCUT2D eigenvalue weighted by Crippen LogP contribution is 2.13. The molecule has 0 aromatic rings. The molecule has 0 radical (unpaired) electrons. The molecule has 0 aliphatic heterocycles. The number of hydrogen-bond donors (Lipinski definition) is 0. The Bertz CT molecular complexity index is 94.9. The van der Waals surface area contributed by atoms with Gasteiger partial charge in [-0.1, -0.05) is 64.7 Å². The SMILES string of the molecule is CCCCCCCCCCCCC[PH2+]C.[Br-]. The van der Waals surface area contributed by atoms with Crippen LogP contribution in [0, 0.1) is 0 Å². The molecule has 0 spiro atoms. The highest BCUT2D eigenvalue weighted by atomic mass is 79.9. The van der Waals surface area contributed by atoms with Crippen LogP contribution in [0.5, 0.6) is 0 Å². The molecular formula is C14H32BrP. The van der Waals surface area contributed by atoms with E-state index in [4.69, 9.17) is 0 Å². The van der Waals surface area contributed by atoms with Crippen molar-refractivity contribution in [2.24, 2.45) is 0 Å². The van der Waals surface area contributed by atoms with Gasteiger partial charge in [0.2, 0.25) is 0 Å². The summed E-state index contributed by atoms with van der Waals surface area (Å²) in [4.78, 5) is 0. The van der Waals surface area contributed by atoms with Crippen LogP contribution in [0.4, 0.5) is 0 Å². The zero-order chi connectivity index (χ0) is 11.2. The molecule has 0 amide bonds. The lowest BCUT2D eigenvalue weighted by molar-refractivity contribution is -0.00000338. The quantitative estimate of drug-likeness (QED) is 0.383. The van der Waals surface area contributed by atoms with Gasteiger partial charge in [0.1, 0.15) is 0 Å². The number of hydrogen-bond acceptors (Lipinski definition) is 0. The van der Waals surface area contributed by atoms with Crippen molar-refractivity contribution < 1.29 is 17.0 Å². The average molecular weight is 311 g/mol. The highest BCUT2D eigenvalue weighted by molar-refractivity contribution is 7.36. The summed E-state index contributed by atoms with van der Waals surface area (Å²) in [6.45, 7) is 4.66. The lowest BCUT2D eigenvalue weighted by atomic mass is 10.1. The molecule has 0 aromatic carbocycles. The van der Waals surface area contributed by atoms with E-state index in [2.05, 4.69) is 13.6 Å². The van der Waals surface area contributed by atoms with E-state index >= 15 is 0 Å². The average Bonchev–Trinajstić information content (AvgIpc) is 2.26. The second kappa shape index (κ2) is 18.3. The summed E-state index contributed by atoms with van der Waals surface area (Å²) in [7, 11) is 0.764. The van der Waals surface area contributed by atoms with Crippen molar-refractivity contribution in [3.8, 4) is 0 Å². The monoisotopic (exact) mass is 310 g/mol. The molecule has 0 rings (SSSR count). The number of unbranched alkanes of at least 4 members (excludes halogenated alkanes) is 10. The summed E-state index contributed by atoms with van der Waals surface area (Å²) in [6.07, 6.45) is 17.7. The third-order valence-corrected chi connectivity index (χ3v) is 4.08. The summed E-state index contributed by atoms with van der Waals surface area (Å²) in [6, 6.07) is 0. The summed E-state index contributed by atoms with van der Waals surface area (Å²) >= 11 is 0. The van der Waals surface area contributed by atoms with Crippen LogP contribution in [0.1, 0.15) is 77.6 Å². The van der Waals surface area contributed by atoms with Crippen LogP contribution in [0.2, 0.25) is 0 Å². The van der Waals surface area contributed by atoms with Crippen LogP contribution in [0.15, 0.2) is 0 Å². The number of rotatable bonds is 12. The van der Waals surface area contributed by atoms with Crippen LogP contribution >= 0.6 is 8.58 Å². The fraction of sp³-hybridized carbons (Fsp3) is 1.00. The summed E-state index contributed by atoms with van der Waals surface area (Å²) in [5.41, 5.74) is 0. The Labute approximate surface area is 116 Å². The second-order valence-corrected chi connectivity index (χ2v) is 6.13. The van der Waals surface area contributed by atoms with Crippen LogP contribution < -0.4 is 17.0 Å². The molecule has 0 N–H and O–H groups in total. The first-order valence-electron chi connectivity index (χ1n) is 7.19. The molecule has 0 nitrogen and oxygen atoms in total. The molecule has 100 valence electrons. The van der Waals surface area contributed by atoms with E-state index in [1.165, 1.54) is 76.8 Å². The predicted octanol–water partition coefficient (Wildman–Crippen LogP) is 2.34. The topological polar surface area (TPSA) is 0 Å². The van der Waals surface area contributed by atoms with Gasteiger partial charge in [0.25, 0.3) is 0 Å². The first-order chi connectivity index (χ1) is 7.41. The van der Waals surface area contributed by atoms with Gasteiger partial charge in [-0.05, 0) is 21.4 Å². The summed E-state index contributed by atoms with van der Waals surface area (Å²) in [5.74, 6) is 0. The fourth-order valence-corrected chi connectivity index (χ4v) is 2.71. The molecule has 0 aliphatic rings. The zero-order valence-corrected chi connectivity index (χ0v) is 14.2. The maximum Gasteiger partial charge on any atom is 0.0546 e. The highest BCUT2D eigenvalue weighted by Gasteiger charge is 1.93. The molecule has 0 aliphatic carbocycles. The molecule has 0 aromatic heterocycles. The van der Waals surface area contributed by atoms with Crippen molar-refractivity contribution in [3.63, 3.8) is 0 Å². The van der Waals surface area contributed by atoms with Gasteiger partial charge >= 0.3 is 0 Å². The van der Waals surface area contributed by atoms with Gasteiger partial charge in [0.05, 0.1) is 6.16 Å². The molecule has 1 atom stereocenters. The molecule has 0 heterocycles. The first kappa shape index (κ1) is 19.3. The van der Waals surface area contributed by atoms with Gasteiger partial charge < -0.3 is 17.0 Å². The van der Waals surface area contributed by atoms with Gasteiger partial charge in [0.15, 0.2) is 0 Å². The molecule has 0 bridgehead atoms. The van der Waals surface area contributed by atoms with Gasteiger partial charge in [0, 0.05) is 6.66 Å². The van der Waals surface area contributed by atoms with Crippen molar-refractivity contribution >= 4 is 8.58 Å². The van der Waals surface area contributed by atoms with E-state index in [0.717, 1.165) is 8.58 Å². The third-order valence-electron chi connectivity index (χ3n) is 3.10. The van der Waals surface area contributed by atoms with Crippen molar-refractivity contribution in [2.75, 3.05) is 12.8 Å². The van der Waals surface area contributed by atoms with Crippen LogP contribution in [-0.2, 0) is 0 Å². The van der Waals surface area contributed by atoms with Gasteiger partial charge in [-0.2, -0.15) is 0 Å². The van der Waals surface area contributed by atoms with Crippen LogP contribution in [-0.4, -0.2) is 12.8 Å². The Morgan fingerprint density at radius 2 is 1.00 bits per heavy atom. The smallest absolute Gasteiger partial charge is 0.0546 e. The van der Waals surface area contributed by atoms with Gasteiger partial charge in [-0.15, -0.1) is 0 Å². The Balaban J connectivity index is 0. The standard InChI is InChI=1S/C14H31P.BrH/c1-3-4-5-6-7-8-9-10-11-12-13-14-15-2;/h15H,3-14H2,1-2H3;1H. The first-order valence-corrected chi connectivity index (χ1v) is 9.16. The lowest BCUT2D eigenvalue weighted by Gasteiger charge is -2.01. The zero-order valence-electron chi connectivity index (χ0n) is 11.4. The minimum atomic E-state index is 0. The van der Waals surface area contributed by atoms with Gasteiger partial charge in [-0.3, -0.25) is 0 Å². The van der Waals surface area contributed by atoms with E-state index < -0.39 is 0 Å². The third kappa shape index (κ3) is 17.3. The summed E-state index contributed by atoms with van der Waals surface area (Å²) in [5, 5.41) is 0. The maximum atomic E-state index is 2.37. The van der Waals surface area contributed by atoms with Gasteiger partial charge in [-0.25, -0.2) is 0 Å². The molecule has 1 unspecified atom stereocenters. The van der Waals surface area contributed by atoms with E-state index in [0.29, 0.717) is 0 Å². The lowest BCUT2D eigenvalue weighted by Crippen LogP contribution is -3.00. The Morgan fingerprint density at radius 3 is 1.38 bits per heavy atom. The molecule has 0 fully saturated rings. The van der Waals surface area contributed by atoms with Crippen molar-refractivity contribution in [1.29, 1.82) is 0 Å². The summed E-state index contributed by atoms with van der Waals surface area (Å²) < 4.78 is 0. The van der Waals surface area contributed by atoms with E-state index in [-0.39, 0.29) is 17.0 Å². The van der Waals surface area contributed by atoms with Crippen molar-refractivity contribution in [2.45, 2.75) is 77.6 Å². The van der Waals surface area contributed by atoms with Crippen LogP contribution in [0.3, 0.4) is 0 Å². The van der Waals surface area contributed by atoms with Crippen molar-refractivity contribution in [1.82, 2.24) is 0 Å². The minimum Gasteiger partial charge on any atom is -1.00 e. The van der Waals surface area contributed by atoms with Crippen LogP contribution in [0.25, 0.3) is 0 Å². The molecular weight excluding hydrogens is 279 g/mol. The largest absolute Gasteiger partial charge is 1.00 e. The second-order valence-electron chi connectivity index (χ2n) is 4.73. The Kier molecular flexibility index (Phi) is 22.0. The predicted molar refractivity (Wildman–Crippen MR) is 77.0 cm³/mol. The molecule has 16 heavy (non-hydrogen) atoms. The van der Waals surface area contributed by atoms with E-state index in [9.17, 15) is 0 Å². The van der Waals surface area contributed by atoms with E-state index in [1.54, 1.807) is 0 Å². The Hall–Kier alpha value is 0.910. The fourth-order valence-electron chi connectivity index (χ4n) is 2.01. The van der Waals surface area contributed by atoms with Crippen molar-refractivity contribution in [3.05, 3.63) is 0 Å². The molecule has 0 saturated carbocycles. The number of halogens is 1. The molecule has 0 saturated heterocycles. The maximum absolute atomic E-state index is 2.37. The minimum absolute atomic E-state index is 0. The normalized spacial score (nSPS) is 10.9.